The van der Waals surface area contributed by atoms with Crippen LogP contribution in [0.15, 0.2) is 48.5 Å². The van der Waals surface area contributed by atoms with E-state index in [2.05, 4.69) is 35.2 Å². The summed E-state index contributed by atoms with van der Waals surface area (Å²) in [6.45, 7) is 3.01. The maximum Gasteiger partial charge on any atom is 0.0807 e. The first-order valence-corrected chi connectivity index (χ1v) is 6.93. The van der Waals surface area contributed by atoms with E-state index in [-0.39, 0.29) is 6.10 Å². The van der Waals surface area contributed by atoms with Gasteiger partial charge in [-0.25, -0.2) is 0 Å². The van der Waals surface area contributed by atoms with Gasteiger partial charge in [0.25, 0.3) is 0 Å². The van der Waals surface area contributed by atoms with Gasteiger partial charge in [0.1, 0.15) is 0 Å². The zero-order valence-electron chi connectivity index (χ0n) is 11.2. The van der Waals surface area contributed by atoms with Crippen molar-refractivity contribution in [3.8, 4) is 0 Å². The van der Waals surface area contributed by atoms with Crippen molar-refractivity contribution in [3.63, 3.8) is 0 Å². The summed E-state index contributed by atoms with van der Waals surface area (Å²) in [7, 11) is 0. The Hall–Kier alpha value is -1.80. The lowest BCUT2D eigenvalue weighted by atomic mass is 10.0. The molecule has 3 rings (SSSR count). The molecule has 1 aliphatic rings. The number of nitrogens with zero attached hydrogens (tertiary/aromatic N) is 1. The Morgan fingerprint density at radius 3 is 2.53 bits per heavy atom. The molecule has 0 amide bonds. The predicted octanol–water partition coefficient (Wildman–Crippen LogP) is 3.82. The molecule has 0 bridgehead atoms. The number of fused-ring (bicyclic) bond motifs is 1. The fraction of sp³-hybridized carbons (Fsp3) is 0.294. The Kier molecular flexibility index (Phi) is 3.26. The molecule has 2 aromatic carbocycles. The van der Waals surface area contributed by atoms with Crippen molar-refractivity contribution in [2.45, 2.75) is 25.9 Å². The van der Waals surface area contributed by atoms with Gasteiger partial charge in [-0.1, -0.05) is 43.3 Å². The molecule has 1 N–H and O–H groups in total. The zero-order chi connectivity index (χ0) is 13.2. The number of benzene rings is 2. The smallest absolute Gasteiger partial charge is 0.0807 e. The monoisotopic (exact) mass is 253 g/mol. The number of aliphatic hydroxyl groups excluding tert-OH is 1. The van der Waals surface area contributed by atoms with E-state index < -0.39 is 0 Å². The lowest BCUT2D eigenvalue weighted by Gasteiger charge is -2.24. The number of aliphatic hydroxyl groups is 1. The maximum atomic E-state index is 10.2. The topological polar surface area (TPSA) is 23.5 Å². The molecule has 2 nitrogen and oxygen atoms in total. The SMILES string of the molecule is CCC(O)c1ccccc1N1CCc2ccccc21. The van der Waals surface area contributed by atoms with Gasteiger partial charge in [0.05, 0.1) is 6.10 Å². The molecule has 0 radical (unpaired) electrons. The summed E-state index contributed by atoms with van der Waals surface area (Å²) in [5, 5.41) is 10.2. The molecule has 1 heterocycles. The molecule has 98 valence electrons. The molecule has 2 aromatic rings. The second-order valence-electron chi connectivity index (χ2n) is 5.01. The first-order valence-electron chi connectivity index (χ1n) is 6.93. The normalized spacial score (nSPS) is 15.4. The Morgan fingerprint density at radius 2 is 1.74 bits per heavy atom. The van der Waals surface area contributed by atoms with Crippen molar-refractivity contribution < 1.29 is 5.11 Å². The third-order valence-corrected chi connectivity index (χ3v) is 3.86. The average molecular weight is 253 g/mol. The van der Waals surface area contributed by atoms with E-state index >= 15 is 0 Å². The molecule has 2 heteroatoms. The summed E-state index contributed by atoms with van der Waals surface area (Å²) in [6.07, 6.45) is 1.43. The average Bonchev–Trinajstić information content (AvgIpc) is 2.90. The number of para-hydroxylation sites is 2. The van der Waals surface area contributed by atoms with Crippen molar-refractivity contribution in [1.29, 1.82) is 0 Å². The molecule has 1 aliphatic heterocycles. The van der Waals surface area contributed by atoms with Gasteiger partial charge in [0.15, 0.2) is 0 Å². The van der Waals surface area contributed by atoms with Crippen molar-refractivity contribution in [2.24, 2.45) is 0 Å². The molecule has 1 atom stereocenters. The molecule has 0 aromatic heterocycles. The highest BCUT2D eigenvalue weighted by atomic mass is 16.3. The molecule has 0 saturated carbocycles. The Labute approximate surface area is 114 Å². The highest BCUT2D eigenvalue weighted by molar-refractivity contribution is 5.72. The van der Waals surface area contributed by atoms with Crippen LogP contribution in [0.2, 0.25) is 0 Å². The third-order valence-electron chi connectivity index (χ3n) is 3.86. The van der Waals surface area contributed by atoms with Gasteiger partial charge < -0.3 is 10.0 Å². The van der Waals surface area contributed by atoms with Gasteiger partial charge in [-0.05, 0) is 30.5 Å². The lowest BCUT2D eigenvalue weighted by Crippen LogP contribution is -2.16. The van der Waals surface area contributed by atoms with E-state index in [9.17, 15) is 5.11 Å². The summed E-state index contributed by atoms with van der Waals surface area (Å²) in [6, 6.07) is 16.7. The van der Waals surface area contributed by atoms with Crippen LogP contribution in [-0.4, -0.2) is 11.7 Å². The molecule has 0 saturated heterocycles. The second-order valence-corrected chi connectivity index (χ2v) is 5.01. The number of rotatable bonds is 3. The van der Waals surface area contributed by atoms with Crippen molar-refractivity contribution in [1.82, 2.24) is 0 Å². The van der Waals surface area contributed by atoms with Crippen LogP contribution in [0.4, 0.5) is 11.4 Å². The van der Waals surface area contributed by atoms with Gasteiger partial charge in [-0.3, -0.25) is 0 Å². The first-order chi connectivity index (χ1) is 9.31. The summed E-state index contributed by atoms with van der Waals surface area (Å²) < 4.78 is 0. The van der Waals surface area contributed by atoms with Gasteiger partial charge in [0.2, 0.25) is 0 Å². The van der Waals surface area contributed by atoms with Gasteiger partial charge in [0, 0.05) is 23.5 Å². The van der Waals surface area contributed by atoms with E-state index in [4.69, 9.17) is 0 Å². The van der Waals surface area contributed by atoms with Crippen LogP contribution in [0.5, 0.6) is 0 Å². The standard InChI is InChI=1S/C17H19NO/c1-2-17(19)14-8-4-6-10-16(14)18-12-11-13-7-3-5-9-15(13)18/h3-10,17,19H,2,11-12H2,1H3. The van der Waals surface area contributed by atoms with Gasteiger partial charge >= 0.3 is 0 Å². The van der Waals surface area contributed by atoms with Crippen LogP contribution in [0.25, 0.3) is 0 Å². The molecule has 0 aliphatic carbocycles. The van der Waals surface area contributed by atoms with Crippen LogP contribution in [0.1, 0.15) is 30.6 Å². The maximum absolute atomic E-state index is 10.2. The van der Waals surface area contributed by atoms with Gasteiger partial charge in [-0.2, -0.15) is 0 Å². The third kappa shape index (κ3) is 2.13. The largest absolute Gasteiger partial charge is 0.388 e. The quantitative estimate of drug-likeness (QED) is 0.898. The predicted molar refractivity (Wildman–Crippen MR) is 78.8 cm³/mol. The highest BCUT2D eigenvalue weighted by Gasteiger charge is 2.23. The summed E-state index contributed by atoms with van der Waals surface area (Å²) in [4.78, 5) is 2.32. The summed E-state index contributed by atoms with van der Waals surface area (Å²) in [5.74, 6) is 0. The van der Waals surface area contributed by atoms with Crippen LogP contribution >= 0.6 is 0 Å². The first kappa shape index (κ1) is 12.2. The molecule has 0 spiro atoms. The van der Waals surface area contributed by atoms with E-state index in [0.29, 0.717) is 0 Å². The van der Waals surface area contributed by atoms with E-state index in [1.165, 1.54) is 11.3 Å². The molecule has 1 unspecified atom stereocenters. The number of hydrogen-bond acceptors (Lipinski definition) is 2. The number of hydrogen-bond donors (Lipinski definition) is 1. The van der Waals surface area contributed by atoms with Crippen LogP contribution in [0.3, 0.4) is 0 Å². The molecule has 19 heavy (non-hydrogen) atoms. The highest BCUT2D eigenvalue weighted by Crippen LogP contribution is 2.38. The Morgan fingerprint density at radius 1 is 1.05 bits per heavy atom. The fourth-order valence-corrected chi connectivity index (χ4v) is 2.82. The van der Waals surface area contributed by atoms with Gasteiger partial charge in [-0.15, -0.1) is 0 Å². The minimum absolute atomic E-state index is 0.385. The summed E-state index contributed by atoms with van der Waals surface area (Å²) >= 11 is 0. The van der Waals surface area contributed by atoms with E-state index in [1.54, 1.807) is 0 Å². The minimum Gasteiger partial charge on any atom is -0.388 e. The lowest BCUT2D eigenvalue weighted by molar-refractivity contribution is 0.174. The van der Waals surface area contributed by atoms with E-state index in [0.717, 1.165) is 30.6 Å². The van der Waals surface area contributed by atoms with Crippen LogP contribution in [-0.2, 0) is 6.42 Å². The van der Waals surface area contributed by atoms with Crippen molar-refractivity contribution in [2.75, 3.05) is 11.4 Å². The van der Waals surface area contributed by atoms with Crippen LogP contribution in [0, 0.1) is 0 Å². The minimum atomic E-state index is -0.385. The summed E-state index contributed by atoms with van der Waals surface area (Å²) in [5.41, 5.74) is 4.84. The Balaban J connectivity index is 2.05. The fourth-order valence-electron chi connectivity index (χ4n) is 2.82. The Bertz CT molecular complexity index is 579. The van der Waals surface area contributed by atoms with E-state index in [1.807, 2.05) is 25.1 Å². The number of anilines is 2. The van der Waals surface area contributed by atoms with Crippen molar-refractivity contribution >= 4 is 11.4 Å². The zero-order valence-corrected chi connectivity index (χ0v) is 11.2. The second kappa shape index (κ2) is 5.06. The van der Waals surface area contributed by atoms with Crippen molar-refractivity contribution in [3.05, 3.63) is 59.7 Å². The molecule has 0 fully saturated rings. The van der Waals surface area contributed by atoms with Crippen LogP contribution < -0.4 is 4.90 Å². The molecular formula is C17H19NO. The molecular weight excluding hydrogens is 234 g/mol.